The SMILES string of the molecule is O=C(NCCCc1nc2ccccc2s1)C1CCCN(C(=O)Cc2ccccc2)C1. The highest BCUT2D eigenvalue weighted by Crippen LogP contribution is 2.22. The van der Waals surface area contributed by atoms with Crippen LogP contribution in [0.3, 0.4) is 0 Å². The van der Waals surface area contributed by atoms with Crippen LogP contribution in [-0.2, 0) is 22.4 Å². The molecule has 30 heavy (non-hydrogen) atoms. The molecule has 1 aliphatic heterocycles. The number of nitrogens with zero attached hydrogens (tertiary/aromatic N) is 2. The zero-order valence-electron chi connectivity index (χ0n) is 17.0. The second-order valence-electron chi connectivity index (χ2n) is 7.81. The summed E-state index contributed by atoms with van der Waals surface area (Å²) in [5.41, 5.74) is 2.06. The lowest BCUT2D eigenvalue weighted by molar-refractivity contribution is -0.135. The predicted octanol–water partition coefficient (Wildman–Crippen LogP) is 3.83. The summed E-state index contributed by atoms with van der Waals surface area (Å²) >= 11 is 1.72. The normalized spacial score (nSPS) is 16.5. The molecule has 1 unspecified atom stereocenters. The highest BCUT2D eigenvalue weighted by Gasteiger charge is 2.28. The van der Waals surface area contributed by atoms with E-state index in [1.54, 1.807) is 11.3 Å². The molecule has 1 atom stereocenters. The molecule has 1 saturated heterocycles. The van der Waals surface area contributed by atoms with Crippen LogP contribution < -0.4 is 5.32 Å². The summed E-state index contributed by atoms with van der Waals surface area (Å²) in [6.07, 6.45) is 3.86. The van der Waals surface area contributed by atoms with E-state index in [-0.39, 0.29) is 17.7 Å². The highest BCUT2D eigenvalue weighted by molar-refractivity contribution is 7.18. The van der Waals surface area contributed by atoms with Gasteiger partial charge in [0.2, 0.25) is 11.8 Å². The van der Waals surface area contributed by atoms with Gasteiger partial charge in [-0.05, 0) is 37.0 Å². The summed E-state index contributed by atoms with van der Waals surface area (Å²) in [4.78, 5) is 31.7. The minimum atomic E-state index is -0.110. The third-order valence-corrected chi connectivity index (χ3v) is 6.64. The summed E-state index contributed by atoms with van der Waals surface area (Å²) in [5.74, 6) is 0.0620. The van der Waals surface area contributed by atoms with Crippen molar-refractivity contribution in [3.63, 3.8) is 0 Å². The molecule has 2 heterocycles. The Morgan fingerprint density at radius 2 is 1.90 bits per heavy atom. The molecule has 0 radical (unpaired) electrons. The van der Waals surface area contributed by atoms with Gasteiger partial charge in [0.1, 0.15) is 0 Å². The fourth-order valence-electron chi connectivity index (χ4n) is 3.92. The first-order chi connectivity index (χ1) is 14.7. The number of amides is 2. The molecule has 156 valence electrons. The molecule has 1 aliphatic rings. The van der Waals surface area contributed by atoms with E-state index in [9.17, 15) is 9.59 Å². The van der Waals surface area contributed by atoms with Crippen molar-refractivity contribution in [2.24, 2.45) is 5.92 Å². The van der Waals surface area contributed by atoms with Gasteiger partial charge in [0.15, 0.2) is 0 Å². The van der Waals surface area contributed by atoms with Crippen molar-refractivity contribution in [1.82, 2.24) is 15.2 Å². The van der Waals surface area contributed by atoms with Crippen LogP contribution in [0.4, 0.5) is 0 Å². The average molecular weight is 422 g/mol. The van der Waals surface area contributed by atoms with Crippen molar-refractivity contribution in [3.8, 4) is 0 Å². The minimum Gasteiger partial charge on any atom is -0.356 e. The Hall–Kier alpha value is -2.73. The number of aryl methyl sites for hydroxylation is 1. The van der Waals surface area contributed by atoms with Gasteiger partial charge < -0.3 is 10.2 Å². The van der Waals surface area contributed by atoms with E-state index < -0.39 is 0 Å². The lowest BCUT2D eigenvalue weighted by atomic mass is 9.96. The Labute approximate surface area is 181 Å². The number of likely N-dealkylation sites (tertiary alicyclic amines) is 1. The van der Waals surface area contributed by atoms with Gasteiger partial charge in [0, 0.05) is 26.1 Å². The Balaban J connectivity index is 1.21. The van der Waals surface area contributed by atoms with Gasteiger partial charge in [-0.1, -0.05) is 42.5 Å². The maximum absolute atomic E-state index is 12.6. The number of hydrogen-bond acceptors (Lipinski definition) is 4. The van der Waals surface area contributed by atoms with E-state index >= 15 is 0 Å². The molecule has 0 spiro atoms. The maximum atomic E-state index is 12.6. The highest BCUT2D eigenvalue weighted by atomic mass is 32.1. The van der Waals surface area contributed by atoms with E-state index in [1.807, 2.05) is 53.4 Å². The van der Waals surface area contributed by atoms with Crippen LogP contribution in [0.1, 0.15) is 29.8 Å². The maximum Gasteiger partial charge on any atom is 0.227 e. The van der Waals surface area contributed by atoms with Crippen LogP contribution >= 0.6 is 11.3 Å². The number of carbonyl (C=O) groups excluding carboxylic acids is 2. The van der Waals surface area contributed by atoms with Crippen molar-refractivity contribution in [2.45, 2.75) is 32.1 Å². The topological polar surface area (TPSA) is 62.3 Å². The number of thiazole rings is 1. The van der Waals surface area contributed by atoms with Crippen molar-refractivity contribution in [1.29, 1.82) is 0 Å². The monoisotopic (exact) mass is 421 g/mol. The standard InChI is InChI=1S/C24H27N3O2S/c28-23(16-18-8-2-1-3-9-18)27-15-7-10-19(17-27)24(29)25-14-6-13-22-26-20-11-4-5-12-21(20)30-22/h1-5,8-9,11-12,19H,6-7,10,13-17H2,(H,25,29). The van der Waals surface area contributed by atoms with E-state index in [2.05, 4.69) is 16.4 Å². The molecule has 1 aromatic heterocycles. The molecular weight excluding hydrogens is 394 g/mol. The zero-order valence-corrected chi connectivity index (χ0v) is 17.9. The smallest absolute Gasteiger partial charge is 0.227 e. The van der Waals surface area contributed by atoms with Crippen LogP contribution in [-0.4, -0.2) is 41.3 Å². The first-order valence-electron chi connectivity index (χ1n) is 10.6. The number of rotatable bonds is 7. The Kier molecular flexibility index (Phi) is 6.74. The minimum absolute atomic E-state index is 0.0662. The van der Waals surface area contributed by atoms with Crippen molar-refractivity contribution in [3.05, 3.63) is 65.2 Å². The summed E-state index contributed by atoms with van der Waals surface area (Å²) < 4.78 is 1.21. The van der Waals surface area contributed by atoms with Gasteiger partial charge in [0.05, 0.1) is 27.6 Å². The Morgan fingerprint density at radius 1 is 1.10 bits per heavy atom. The molecule has 5 nitrogen and oxygen atoms in total. The van der Waals surface area contributed by atoms with Gasteiger partial charge in [0.25, 0.3) is 0 Å². The van der Waals surface area contributed by atoms with Gasteiger partial charge in [-0.3, -0.25) is 9.59 Å². The fraction of sp³-hybridized carbons (Fsp3) is 0.375. The van der Waals surface area contributed by atoms with E-state index in [0.29, 0.717) is 19.5 Å². The summed E-state index contributed by atoms with van der Waals surface area (Å²) in [6.45, 7) is 1.91. The first-order valence-corrected chi connectivity index (χ1v) is 11.4. The summed E-state index contributed by atoms with van der Waals surface area (Å²) in [6, 6.07) is 17.9. The van der Waals surface area contributed by atoms with Gasteiger partial charge in [-0.25, -0.2) is 4.98 Å². The predicted molar refractivity (Wildman–Crippen MR) is 120 cm³/mol. The molecule has 0 aliphatic carbocycles. The number of piperidine rings is 1. The van der Waals surface area contributed by atoms with Crippen molar-refractivity contribution < 1.29 is 9.59 Å². The molecule has 3 aromatic rings. The lowest BCUT2D eigenvalue weighted by Crippen LogP contribution is -2.46. The van der Waals surface area contributed by atoms with Crippen LogP contribution in [0.15, 0.2) is 54.6 Å². The number of nitrogens with one attached hydrogen (secondary N) is 1. The third-order valence-electron chi connectivity index (χ3n) is 5.55. The molecule has 1 N–H and O–H groups in total. The zero-order chi connectivity index (χ0) is 20.8. The molecule has 2 aromatic carbocycles. The first kappa shape index (κ1) is 20.5. The van der Waals surface area contributed by atoms with E-state index in [4.69, 9.17) is 0 Å². The number of benzene rings is 2. The molecule has 1 fully saturated rings. The number of hydrogen-bond donors (Lipinski definition) is 1. The van der Waals surface area contributed by atoms with Crippen LogP contribution in [0.5, 0.6) is 0 Å². The molecule has 2 amide bonds. The number of para-hydroxylation sites is 1. The largest absolute Gasteiger partial charge is 0.356 e. The Morgan fingerprint density at radius 3 is 2.73 bits per heavy atom. The number of carbonyl (C=O) groups is 2. The number of aromatic nitrogens is 1. The molecule has 0 saturated carbocycles. The second kappa shape index (κ2) is 9.85. The summed E-state index contributed by atoms with van der Waals surface area (Å²) in [5, 5.41) is 4.18. The lowest BCUT2D eigenvalue weighted by Gasteiger charge is -2.32. The van der Waals surface area contributed by atoms with Crippen LogP contribution in [0.2, 0.25) is 0 Å². The van der Waals surface area contributed by atoms with Gasteiger partial charge in [-0.15, -0.1) is 11.3 Å². The fourth-order valence-corrected chi connectivity index (χ4v) is 4.93. The molecule has 6 heteroatoms. The van der Waals surface area contributed by atoms with Gasteiger partial charge in [-0.2, -0.15) is 0 Å². The van der Waals surface area contributed by atoms with E-state index in [1.165, 1.54) is 4.70 Å². The Bertz CT molecular complexity index is 969. The van der Waals surface area contributed by atoms with E-state index in [0.717, 1.165) is 48.3 Å². The molecular formula is C24H27N3O2S. The van der Waals surface area contributed by atoms with Crippen LogP contribution in [0, 0.1) is 5.92 Å². The second-order valence-corrected chi connectivity index (χ2v) is 8.93. The average Bonchev–Trinajstić information content (AvgIpc) is 3.20. The third kappa shape index (κ3) is 5.25. The van der Waals surface area contributed by atoms with Crippen molar-refractivity contribution in [2.75, 3.05) is 19.6 Å². The molecule has 0 bridgehead atoms. The van der Waals surface area contributed by atoms with Crippen molar-refractivity contribution >= 4 is 33.4 Å². The quantitative estimate of drug-likeness (QED) is 0.590. The van der Waals surface area contributed by atoms with Gasteiger partial charge >= 0.3 is 0 Å². The molecule has 4 rings (SSSR count). The summed E-state index contributed by atoms with van der Waals surface area (Å²) in [7, 11) is 0. The number of fused-ring (bicyclic) bond motifs is 1. The van der Waals surface area contributed by atoms with Crippen LogP contribution in [0.25, 0.3) is 10.2 Å².